The molecule has 2 rings (SSSR count). The normalized spacial score (nSPS) is 22.3. The molecule has 1 fully saturated rings. The van der Waals surface area contributed by atoms with E-state index in [1.807, 2.05) is 12.1 Å². The molecule has 0 bridgehead atoms. The lowest BCUT2D eigenvalue weighted by atomic mass is 9.96. The fourth-order valence-corrected chi connectivity index (χ4v) is 2.77. The van der Waals surface area contributed by atoms with Gasteiger partial charge in [0.25, 0.3) is 0 Å². The van der Waals surface area contributed by atoms with Crippen LogP contribution in [0.5, 0.6) is 11.5 Å². The number of likely N-dealkylation sites (tertiary alicyclic amines) is 1. The summed E-state index contributed by atoms with van der Waals surface area (Å²) in [5, 5.41) is 0. The van der Waals surface area contributed by atoms with Crippen molar-refractivity contribution in [2.75, 3.05) is 27.3 Å². The summed E-state index contributed by atoms with van der Waals surface area (Å²) in [6, 6.07) is 6.02. The summed E-state index contributed by atoms with van der Waals surface area (Å²) in [6.07, 6.45) is 1.77. The van der Waals surface area contributed by atoms with Gasteiger partial charge in [-0.1, -0.05) is 0 Å². The number of primary amides is 1. The Hall–Kier alpha value is -1.75. The first-order valence-electron chi connectivity index (χ1n) is 6.97. The second kappa shape index (κ2) is 6.61. The van der Waals surface area contributed by atoms with Gasteiger partial charge in [0.2, 0.25) is 5.91 Å². The van der Waals surface area contributed by atoms with E-state index in [1.165, 1.54) is 10.5 Å². The Kier molecular flexibility index (Phi) is 4.84. The molecule has 110 valence electrons. The minimum Gasteiger partial charge on any atom is -0.493 e. The van der Waals surface area contributed by atoms with E-state index in [1.54, 1.807) is 14.2 Å². The van der Waals surface area contributed by atoms with Crippen molar-refractivity contribution in [1.29, 1.82) is 0 Å². The van der Waals surface area contributed by atoms with Crippen molar-refractivity contribution in [3.05, 3.63) is 23.8 Å². The smallest absolute Gasteiger partial charge is 0.220 e. The highest BCUT2D eigenvalue weighted by atomic mass is 16.5. The second-order valence-corrected chi connectivity index (χ2v) is 5.29. The first-order chi connectivity index (χ1) is 9.63. The van der Waals surface area contributed by atoms with Crippen molar-refractivity contribution in [3.63, 3.8) is 0 Å². The largest absolute Gasteiger partial charge is 0.493 e. The average Bonchev–Trinajstić information content (AvgIpc) is 2.47. The number of carbonyl (C=O) groups excluding carboxylic acids is 1. The van der Waals surface area contributed by atoms with Gasteiger partial charge in [-0.25, -0.2) is 0 Å². The highest BCUT2D eigenvalue weighted by Gasteiger charge is 2.25. The molecule has 3 N–H and O–H groups in total. The summed E-state index contributed by atoms with van der Waals surface area (Å²) in [5.74, 6) is 1.41. The number of piperidine rings is 1. The Morgan fingerprint density at radius 1 is 1.25 bits per heavy atom. The molecule has 20 heavy (non-hydrogen) atoms. The monoisotopic (exact) mass is 279 g/mol. The molecule has 0 aromatic heterocycles. The Morgan fingerprint density at radius 2 is 1.90 bits per heavy atom. The molecular formula is C15H23N2O3+. The van der Waals surface area contributed by atoms with Gasteiger partial charge in [-0.3, -0.25) is 4.79 Å². The molecule has 0 aliphatic carbocycles. The number of hydrogen-bond donors (Lipinski definition) is 2. The number of nitrogens with two attached hydrogens (primary N) is 1. The van der Waals surface area contributed by atoms with E-state index in [2.05, 4.69) is 6.07 Å². The summed E-state index contributed by atoms with van der Waals surface area (Å²) in [5.41, 5.74) is 6.57. The molecule has 1 aromatic carbocycles. The zero-order chi connectivity index (χ0) is 14.5. The van der Waals surface area contributed by atoms with E-state index in [9.17, 15) is 4.79 Å². The fraction of sp³-hybridized carbons (Fsp3) is 0.533. The zero-order valence-corrected chi connectivity index (χ0v) is 12.1. The van der Waals surface area contributed by atoms with Crippen LogP contribution in [-0.4, -0.2) is 33.2 Å². The number of rotatable bonds is 5. The number of benzene rings is 1. The van der Waals surface area contributed by atoms with E-state index in [-0.39, 0.29) is 11.8 Å². The molecule has 0 radical (unpaired) electrons. The van der Waals surface area contributed by atoms with Crippen molar-refractivity contribution in [2.45, 2.75) is 19.4 Å². The first-order valence-corrected chi connectivity index (χ1v) is 6.97. The third kappa shape index (κ3) is 3.42. The van der Waals surface area contributed by atoms with Gasteiger partial charge >= 0.3 is 0 Å². The van der Waals surface area contributed by atoms with E-state index < -0.39 is 0 Å². The second-order valence-electron chi connectivity index (χ2n) is 5.29. The van der Waals surface area contributed by atoms with Crippen molar-refractivity contribution in [2.24, 2.45) is 11.7 Å². The van der Waals surface area contributed by atoms with E-state index in [0.717, 1.165) is 44.0 Å². The summed E-state index contributed by atoms with van der Waals surface area (Å²) in [6.45, 7) is 2.91. The molecular weight excluding hydrogens is 256 g/mol. The van der Waals surface area contributed by atoms with E-state index >= 15 is 0 Å². The van der Waals surface area contributed by atoms with Gasteiger partial charge in [-0.2, -0.15) is 0 Å². The zero-order valence-electron chi connectivity index (χ0n) is 12.1. The van der Waals surface area contributed by atoms with Gasteiger partial charge in [0, 0.05) is 24.3 Å². The lowest BCUT2D eigenvalue weighted by Crippen LogP contribution is -3.11. The fourth-order valence-electron chi connectivity index (χ4n) is 2.77. The molecule has 0 spiro atoms. The Morgan fingerprint density at radius 3 is 2.45 bits per heavy atom. The average molecular weight is 279 g/mol. The number of nitrogens with one attached hydrogen (secondary N) is 1. The highest BCUT2D eigenvalue weighted by molar-refractivity contribution is 5.76. The third-order valence-electron chi connectivity index (χ3n) is 4.00. The van der Waals surface area contributed by atoms with Gasteiger partial charge in [0.15, 0.2) is 11.5 Å². The van der Waals surface area contributed by atoms with Crippen LogP contribution >= 0.6 is 0 Å². The standard InChI is InChI=1S/C15H22N2O3/c1-19-13-4-3-11(9-14(13)20-2)10-17-7-5-12(6-8-17)15(16)18/h3-4,9,12H,5-8,10H2,1-2H3,(H2,16,18)/p+1. The maximum absolute atomic E-state index is 11.2. The highest BCUT2D eigenvalue weighted by Crippen LogP contribution is 2.27. The maximum Gasteiger partial charge on any atom is 0.220 e. The molecule has 1 amide bonds. The number of methoxy groups -OCH3 is 2. The number of ether oxygens (including phenoxy) is 2. The Balaban J connectivity index is 1.96. The molecule has 0 saturated carbocycles. The van der Waals surface area contributed by atoms with Crippen LogP contribution in [0.2, 0.25) is 0 Å². The number of amides is 1. The summed E-state index contributed by atoms with van der Waals surface area (Å²) < 4.78 is 10.6. The summed E-state index contributed by atoms with van der Waals surface area (Å²) >= 11 is 0. The van der Waals surface area contributed by atoms with Crippen LogP contribution in [0, 0.1) is 5.92 Å². The predicted octanol–water partition coefficient (Wildman–Crippen LogP) is -0.0160. The minimum atomic E-state index is -0.157. The lowest BCUT2D eigenvalue weighted by Gasteiger charge is -2.27. The molecule has 5 nitrogen and oxygen atoms in total. The molecule has 0 unspecified atom stereocenters. The number of quaternary nitrogens is 1. The van der Waals surface area contributed by atoms with Crippen LogP contribution in [0.4, 0.5) is 0 Å². The van der Waals surface area contributed by atoms with Crippen LogP contribution < -0.4 is 20.1 Å². The maximum atomic E-state index is 11.2. The predicted molar refractivity (Wildman–Crippen MR) is 75.9 cm³/mol. The molecule has 1 heterocycles. The topological polar surface area (TPSA) is 66.0 Å². The SMILES string of the molecule is COc1ccc(C[NH+]2CCC(C(N)=O)CC2)cc1OC. The van der Waals surface area contributed by atoms with Crippen LogP contribution in [-0.2, 0) is 11.3 Å². The van der Waals surface area contributed by atoms with Crippen LogP contribution in [0.3, 0.4) is 0 Å². The molecule has 1 saturated heterocycles. The molecule has 1 aliphatic heterocycles. The number of carbonyl (C=O) groups is 1. The molecule has 1 aliphatic rings. The third-order valence-corrected chi connectivity index (χ3v) is 4.00. The number of hydrogen-bond acceptors (Lipinski definition) is 3. The molecule has 0 atom stereocenters. The van der Waals surface area contributed by atoms with Gasteiger partial charge in [-0.05, 0) is 18.2 Å². The summed E-state index contributed by atoms with van der Waals surface area (Å²) in [4.78, 5) is 12.6. The van der Waals surface area contributed by atoms with E-state index in [0.29, 0.717) is 0 Å². The Labute approximate surface area is 119 Å². The van der Waals surface area contributed by atoms with Crippen molar-refractivity contribution in [3.8, 4) is 11.5 Å². The Bertz CT molecular complexity index is 468. The van der Waals surface area contributed by atoms with Gasteiger partial charge < -0.3 is 20.1 Å². The minimum absolute atomic E-state index is 0.0594. The van der Waals surface area contributed by atoms with Gasteiger partial charge in [0.1, 0.15) is 6.54 Å². The van der Waals surface area contributed by atoms with E-state index in [4.69, 9.17) is 15.2 Å². The van der Waals surface area contributed by atoms with Crippen LogP contribution in [0.1, 0.15) is 18.4 Å². The molecule has 1 aromatic rings. The first kappa shape index (κ1) is 14.7. The molecule has 5 heteroatoms. The van der Waals surface area contributed by atoms with Gasteiger partial charge in [0.05, 0.1) is 27.3 Å². The summed E-state index contributed by atoms with van der Waals surface area (Å²) in [7, 11) is 3.28. The van der Waals surface area contributed by atoms with Crippen LogP contribution in [0.15, 0.2) is 18.2 Å². The van der Waals surface area contributed by atoms with Crippen LogP contribution in [0.25, 0.3) is 0 Å². The van der Waals surface area contributed by atoms with Crippen molar-refractivity contribution >= 4 is 5.91 Å². The van der Waals surface area contributed by atoms with Crippen molar-refractivity contribution < 1.29 is 19.2 Å². The van der Waals surface area contributed by atoms with Gasteiger partial charge in [-0.15, -0.1) is 0 Å². The van der Waals surface area contributed by atoms with Crippen molar-refractivity contribution in [1.82, 2.24) is 0 Å². The lowest BCUT2D eigenvalue weighted by molar-refractivity contribution is -0.919. The quantitative estimate of drug-likeness (QED) is 0.796.